The normalized spacial score (nSPS) is 22.5. The van der Waals surface area contributed by atoms with Crippen molar-refractivity contribution in [3.63, 3.8) is 0 Å². The molecule has 1 aromatic heterocycles. The number of likely N-dealkylation sites (tertiary alicyclic amines) is 1. The van der Waals surface area contributed by atoms with Crippen molar-refractivity contribution in [2.75, 3.05) is 26.7 Å². The Morgan fingerprint density at radius 2 is 1.96 bits per heavy atom. The molecule has 1 saturated heterocycles. The number of Topliss-reactive ketones (excluding diaryl/α,β-unsaturated/α-hetero) is 1. The van der Waals surface area contributed by atoms with Gasteiger partial charge in [-0.25, -0.2) is 0 Å². The van der Waals surface area contributed by atoms with E-state index in [9.17, 15) is 4.79 Å². The maximum absolute atomic E-state index is 12.6. The van der Waals surface area contributed by atoms with Gasteiger partial charge in [0.2, 0.25) is 0 Å². The molecule has 1 saturated carbocycles. The molecule has 0 bridgehead atoms. The van der Waals surface area contributed by atoms with Crippen molar-refractivity contribution in [3.05, 3.63) is 23.5 Å². The first-order valence-electron chi connectivity index (χ1n) is 10.2. The zero-order valence-corrected chi connectivity index (χ0v) is 15.8. The number of pyridine rings is 1. The number of carbonyl (C=O) groups excluding carboxylic acids is 1. The van der Waals surface area contributed by atoms with Gasteiger partial charge in [0.15, 0.2) is 5.78 Å². The zero-order chi connectivity index (χ0) is 17.9. The third-order valence-corrected chi connectivity index (χ3v) is 6.29. The van der Waals surface area contributed by atoms with Crippen LogP contribution in [0.3, 0.4) is 0 Å². The Morgan fingerprint density at radius 3 is 2.73 bits per heavy atom. The van der Waals surface area contributed by atoms with E-state index in [0.717, 1.165) is 35.1 Å². The summed E-state index contributed by atoms with van der Waals surface area (Å²) in [5.41, 5.74) is 3.63. The van der Waals surface area contributed by atoms with Gasteiger partial charge in [0.25, 0.3) is 0 Å². The van der Waals surface area contributed by atoms with Crippen molar-refractivity contribution in [2.24, 2.45) is 16.8 Å². The van der Waals surface area contributed by atoms with Gasteiger partial charge in [0, 0.05) is 30.4 Å². The molecule has 1 aromatic rings. The Kier molecular flexibility index (Phi) is 5.46. The number of nitrogens with one attached hydrogen (secondary N) is 1. The van der Waals surface area contributed by atoms with E-state index in [-0.39, 0.29) is 5.78 Å². The summed E-state index contributed by atoms with van der Waals surface area (Å²) < 4.78 is 0. The van der Waals surface area contributed by atoms with Gasteiger partial charge in [-0.3, -0.25) is 14.8 Å². The van der Waals surface area contributed by atoms with Crippen LogP contribution in [0.25, 0.3) is 0 Å². The number of aromatic nitrogens is 1. The summed E-state index contributed by atoms with van der Waals surface area (Å²) in [4.78, 5) is 24.5. The summed E-state index contributed by atoms with van der Waals surface area (Å²) in [6, 6.07) is 1.84. The number of piperidine rings is 1. The number of aliphatic imine (C=N–C) groups is 1. The molecule has 0 radical (unpaired) electrons. The highest BCUT2D eigenvalue weighted by atomic mass is 16.1. The summed E-state index contributed by atoms with van der Waals surface area (Å²) in [7, 11) is 2.20. The highest BCUT2D eigenvalue weighted by Crippen LogP contribution is 2.35. The number of ketones is 1. The van der Waals surface area contributed by atoms with Crippen LogP contribution in [0.2, 0.25) is 0 Å². The number of carbonyl (C=O) groups is 1. The van der Waals surface area contributed by atoms with Crippen LogP contribution in [-0.2, 0) is 6.54 Å². The number of fused-ring (bicyclic) bond motifs is 1. The molecule has 2 fully saturated rings. The van der Waals surface area contributed by atoms with E-state index in [1.165, 1.54) is 51.6 Å². The number of hydrogen-bond donors (Lipinski definition) is 1. The summed E-state index contributed by atoms with van der Waals surface area (Å²) in [5.74, 6) is 1.47. The highest BCUT2D eigenvalue weighted by Gasteiger charge is 2.29. The fraction of sp³-hybridized carbons (Fsp3) is 0.667. The van der Waals surface area contributed by atoms with Crippen LogP contribution in [-0.4, -0.2) is 48.1 Å². The summed E-state index contributed by atoms with van der Waals surface area (Å²) in [6.45, 7) is 4.10. The molecule has 0 amide bonds. The van der Waals surface area contributed by atoms with Gasteiger partial charge in [0.1, 0.15) is 0 Å². The van der Waals surface area contributed by atoms with Gasteiger partial charge in [-0.05, 0) is 70.3 Å². The third kappa shape index (κ3) is 3.89. The molecule has 1 aliphatic carbocycles. The van der Waals surface area contributed by atoms with E-state index >= 15 is 0 Å². The summed E-state index contributed by atoms with van der Waals surface area (Å²) in [5, 5.41) is 3.57. The molecular formula is C21H30N4O. The van der Waals surface area contributed by atoms with Gasteiger partial charge >= 0.3 is 0 Å². The van der Waals surface area contributed by atoms with Crippen LogP contribution in [0.15, 0.2) is 17.3 Å². The van der Waals surface area contributed by atoms with E-state index in [2.05, 4.69) is 22.2 Å². The summed E-state index contributed by atoms with van der Waals surface area (Å²) >= 11 is 0. The molecule has 4 rings (SSSR count). The predicted octanol–water partition coefficient (Wildman–Crippen LogP) is 3.36. The minimum Gasteiger partial charge on any atom is -0.311 e. The molecule has 1 N–H and O–H groups in total. The highest BCUT2D eigenvalue weighted by molar-refractivity contribution is 6.16. The van der Waals surface area contributed by atoms with Crippen LogP contribution >= 0.6 is 0 Å². The molecular weight excluding hydrogens is 324 g/mol. The number of nitrogens with zero attached hydrogens (tertiary/aromatic N) is 3. The Morgan fingerprint density at radius 1 is 1.19 bits per heavy atom. The lowest BCUT2D eigenvalue weighted by molar-refractivity contribution is 0.0998. The van der Waals surface area contributed by atoms with Crippen LogP contribution in [0, 0.1) is 11.8 Å². The second-order valence-electron chi connectivity index (χ2n) is 8.22. The molecule has 5 heteroatoms. The molecule has 3 heterocycles. The van der Waals surface area contributed by atoms with Gasteiger partial charge < -0.3 is 10.2 Å². The molecule has 2 aliphatic heterocycles. The van der Waals surface area contributed by atoms with Crippen molar-refractivity contribution in [1.82, 2.24) is 15.2 Å². The Hall–Kier alpha value is -1.59. The van der Waals surface area contributed by atoms with Gasteiger partial charge in [0.05, 0.1) is 11.4 Å². The van der Waals surface area contributed by atoms with Crippen molar-refractivity contribution < 1.29 is 4.79 Å². The lowest BCUT2D eigenvalue weighted by Gasteiger charge is -2.29. The van der Waals surface area contributed by atoms with E-state index in [0.29, 0.717) is 18.9 Å². The monoisotopic (exact) mass is 354 g/mol. The number of hydrogen-bond acceptors (Lipinski definition) is 5. The second-order valence-corrected chi connectivity index (χ2v) is 8.22. The Bertz CT molecular complexity index is 685. The molecule has 140 valence electrons. The maximum Gasteiger partial charge on any atom is 0.170 e. The van der Waals surface area contributed by atoms with E-state index in [1.54, 1.807) is 6.20 Å². The van der Waals surface area contributed by atoms with Crippen molar-refractivity contribution in [2.45, 2.75) is 51.5 Å². The van der Waals surface area contributed by atoms with Crippen LogP contribution in [0.1, 0.15) is 61.0 Å². The second kappa shape index (κ2) is 7.97. The molecule has 0 aromatic carbocycles. The maximum atomic E-state index is 12.6. The molecule has 0 atom stereocenters. The third-order valence-electron chi connectivity index (χ3n) is 6.29. The number of rotatable bonds is 5. The minimum atomic E-state index is 0.218. The largest absolute Gasteiger partial charge is 0.311 e. The first-order chi connectivity index (χ1) is 12.7. The molecule has 0 spiro atoms. The van der Waals surface area contributed by atoms with Crippen molar-refractivity contribution >= 4 is 17.2 Å². The van der Waals surface area contributed by atoms with Gasteiger partial charge in [-0.15, -0.1) is 0 Å². The average molecular weight is 354 g/mol. The molecule has 3 aliphatic rings. The minimum absolute atomic E-state index is 0.218. The summed E-state index contributed by atoms with van der Waals surface area (Å²) in [6.07, 6.45) is 9.69. The first kappa shape index (κ1) is 17.8. The van der Waals surface area contributed by atoms with Crippen LogP contribution in [0.4, 0.5) is 5.69 Å². The fourth-order valence-corrected chi connectivity index (χ4v) is 4.57. The quantitative estimate of drug-likeness (QED) is 0.881. The SMILES string of the molecule is CN1CCC(CNCc2nccc3c2N=C(C2CCCC2)CC3=O)CC1. The Balaban J connectivity index is 1.44. The van der Waals surface area contributed by atoms with Crippen molar-refractivity contribution in [3.8, 4) is 0 Å². The fourth-order valence-electron chi connectivity index (χ4n) is 4.57. The van der Waals surface area contributed by atoms with E-state index in [4.69, 9.17) is 4.99 Å². The first-order valence-corrected chi connectivity index (χ1v) is 10.2. The van der Waals surface area contributed by atoms with Crippen LogP contribution in [0.5, 0.6) is 0 Å². The Labute approximate surface area is 156 Å². The smallest absolute Gasteiger partial charge is 0.170 e. The molecule has 26 heavy (non-hydrogen) atoms. The standard InChI is InChI=1S/C21H30N4O/c1-25-10-7-15(8-11-25)13-22-14-19-21-17(6-9-23-19)20(26)12-18(24-21)16-4-2-3-5-16/h6,9,15-16,22H,2-5,7-8,10-14H2,1H3. The average Bonchev–Trinajstić information content (AvgIpc) is 3.18. The molecule has 5 nitrogen and oxygen atoms in total. The van der Waals surface area contributed by atoms with E-state index < -0.39 is 0 Å². The van der Waals surface area contributed by atoms with Gasteiger partial charge in [-0.1, -0.05) is 12.8 Å². The predicted molar refractivity (Wildman–Crippen MR) is 104 cm³/mol. The van der Waals surface area contributed by atoms with Gasteiger partial charge in [-0.2, -0.15) is 0 Å². The van der Waals surface area contributed by atoms with Crippen LogP contribution < -0.4 is 5.32 Å². The lowest BCUT2D eigenvalue weighted by Crippen LogP contribution is -2.35. The van der Waals surface area contributed by atoms with E-state index in [1.807, 2.05) is 6.07 Å². The molecule has 0 unspecified atom stereocenters. The topological polar surface area (TPSA) is 57.6 Å². The zero-order valence-electron chi connectivity index (χ0n) is 15.8. The van der Waals surface area contributed by atoms with Crippen molar-refractivity contribution in [1.29, 1.82) is 0 Å². The lowest BCUT2D eigenvalue weighted by atomic mass is 9.91.